The van der Waals surface area contributed by atoms with E-state index in [0.29, 0.717) is 24.6 Å². The third-order valence-corrected chi connectivity index (χ3v) is 4.22. The Morgan fingerprint density at radius 2 is 1.95 bits per heavy atom. The lowest BCUT2D eigenvalue weighted by atomic mass is 10.2. The number of aryl methyl sites for hydroxylation is 1. The Balaban J connectivity index is 2.11. The first-order valence-electron chi connectivity index (χ1n) is 7.19. The molecule has 5 nitrogen and oxygen atoms in total. The number of amides is 1. The van der Waals surface area contributed by atoms with Crippen LogP contribution in [0.1, 0.15) is 29.9 Å². The highest BCUT2D eigenvalue weighted by molar-refractivity contribution is 9.10. The standard InChI is InChI=1S/C16H19BrN4O/c1-4-21(5-2)16(22)14-9-19-15(10-18-14)20-12-7-6-11(3)13(17)8-12/h6-10H,4-5H2,1-3H3,(H,19,20). The highest BCUT2D eigenvalue weighted by Crippen LogP contribution is 2.22. The van der Waals surface area contributed by atoms with Gasteiger partial charge in [-0.25, -0.2) is 9.97 Å². The molecule has 22 heavy (non-hydrogen) atoms. The van der Waals surface area contributed by atoms with E-state index in [-0.39, 0.29) is 5.91 Å². The average molecular weight is 363 g/mol. The van der Waals surface area contributed by atoms with E-state index in [4.69, 9.17) is 0 Å². The number of nitrogens with one attached hydrogen (secondary N) is 1. The van der Waals surface area contributed by atoms with Crippen LogP contribution in [0.4, 0.5) is 11.5 Å². The van der Waals surface area contributed by atoms with Crippen molar-refractivity contribution in [3.05, 3.63) is 46.3 Å². The molecule has 1 N–H and O–H groups in total. The summed E-state index contributed by atoms with van der Waals surface area (Å²) in [4.78, 5) is 22.3. The van der Waals surface area contributed by atoms with Crippen LogP contribution >= 0.6 is 15.9 Å². The van der Waals surface area contributed by atoms with Gasteiger partial charge < -0.3 is 10.2 Å². The zero-order valence-electron chi connectivity index (χ0n) is 12.9. The summed E-state index contributed by atoms with van der Waals surface area (Å²) in [6.45, 7) is 7.24. The van der Waals surface area contributed by atoms with Crippen LogP contribution in [0.5, 0.6) is 0 Å². The lowest BCUT2D eigenvalue weighted by Crippen LogP contribution is -2.31. The molecule has 0 saturated heterocycles. The van der Waals surface area contributed by atoms with Crippen molar-refractivity contribution in [2.75, 3.05) is 18.4 Å². The lowest BCUT2D eigenvalue weighted by molar-refractivity contribution is 0.0766. The van der Waals surface area contributed by atoms with Crippen LogP contribution in [0.15, 0.2) is 35.1 Å². The molecule has 1 aromatic carbocycles. The van der Waals surface area contributed by atoms with Crippen LogP contribution < -0.4 is 5.32 Å². The Morgan fingerprint density at radius 3 is 2.50 bits per heavy atom. The van der Waals surface area contributed by atoms with Gasteiger partial charge in [0.15, 0.2) is 0 Å². The number of aromatic nitrogens is 2. The third-order valence-electron chi connectivity index (χ3n) is 3.37. The number of carbonyl (C=O) groups excluding carboxylic acids is 1. The van der Waals surface area contributed by atoms with Crippen LogP contribution in [0.3, 0.4) is 0 Å². The molecule has 1 heterocycles. The van der Waals surface area contributed by atoms with Crippen LogP contribution in [-0.4, -0.2) is 33.9 Å². The minimum atomic E-state index is -0.0952. The molecular formula is C16H19BrN4O. The highest BCUT2D eigenvalue weighted by atomic mass is 79.9. The Kier molecular flexibility index (Phi) is 5.49. The number of benzene rings is 1. The molecule has 0 atom stereocenters. The van der Waals surface area contributed by atoms with Gasteiger partial charge in [0.25, 0.3) is 5.91 Å². The molecule has 0 aliphatic carbocycles. The van der Waals surface area contributed by atoms with Crippen LogP contribution in [0.2, 0.25) is 0 Å². The van der Waals surface area contributed by atoms with Gasteiger partial charge in [-0.15, -0.1) is 0 Å². The molecule has 0 saturated carbocycles. The van der Waals surface area contributed by atoms with Gasteiger partial charge in [0.05, 0.1) is 12.4 Å². The van der Waals surface area contributed by atoms with Crippen molar-refractivity contribution in [3.8, 4) is 0 Å². The molecule has 6 heteroatoms. The van der Waals surface area contributed by atoms with E-state index >= 15 is 0 Å². The summed E-state index contributed by atoms with van der Waals surface area (Å²) in [7, 11) is 0. The maximum Gasteiger partial charge on any atom is 0.274 e. The molecule has 2 rings (SSSR count). The maximum atomic E-state index is 12.2. The lowest BCUT2D eigenvalue weighted by Gasteiger charge is -2.17. The van der Waals surface area contributed by atoms with E-state index in [9.17, 15) is 4.79 Å². The quantitative estimate of drug-likeness (QED) is 0.879. The summed E-state index contributed by atoms with van der Waals surface area (Å²) in [5.41, 5.74) is 2.44. The van der Waals surface area contributed by atoms with E-state index in [1.165, 1.54) is 6.20 Å². The molecule has 0 bridgehead atoms. The molecule has 2 aromatic rings. The second-order valence-electron chi connectivity index (χ2n) is 4.85. The number of halogens is 1. The number of hydrogen-bond donors (Lipinski definition) is 1. The summed E-state index contributed by atoms with van der Waals surface area (Å²) in [5.74, 6) is 0.508. The Bertz CT molecular complexity index is 654. The molecule has 0 aliphatic heterocycles. The smallest absolute Gasteiger partial charge is 0.274 e. The first-order chi connectivity index (χ1) is 10.5. The number of hydrogen-bond acceptors (Lipinski definition) is 4. The highest BCUT2D eigenvalue weighted by Gasteiger charge is 2.14. The second-order valence-corrected chi connectivity index (χ2v) is 5.71. The van der Waals surface area contributed by atoms with Crippen molar-refractivity contribution in [2.45, 2.75) is 20.8 Å². The summed E-state index contributed by atoms with van der Waals surface area (Å²) in [5, 5.41) is 3.17. The van der Waals surface area contributed by atoms with Crippen LogP contribution in [0.25, 0.3) is 0 Å². The predicted molar refractivity (Wildman–Crippen MR) is 91.4 cm³/mol. The van der Waals surface area contributed by atoms with E-state index in [0.717, 1.165) is 15.7 Å². The molecule has 0 radical (unpaired) electrons. The molecule has 116 valence electrons. The molecular weight excluding hydrogens is 344 g/mol. The molecule has 1 aromatic heterocycles. The number of nitrogens with zero attached hydrogens (tertiary/aromatic N) is 3. The van der Waals surface area contributed by atoms with E-state index in [1.54, 1.807) is 11.1 Å². The molecule has 0 aliphatic rings. The SMILES string of the molecule is CCN(CC)C(=O)c1cnc(Nc2ccc(C)c(Br)c2)cn1. The first kappa shape index (κ1) is 16.4. The summed E-state index contributed by atoms with van der Waals surface area (Å²) in [6.07, 6.45) is 3.08. The fraction of sp³-hybridized carbons (Fsp3) is 0.312. The summed E-state index contributed by atoms with van der Waals surface area (Å²) in [6, 6.07) is 5.96. The predicted octanol–water partition coefficient (Wildman–Crippen LogP) is 3.77. The monoisotopic (exact) mass is 362 g/mol. The number of rotatable bonds is 5. The van der Waals surface area contributed by atoms with Crippen LogP contribution in [-0.2, 0) is 0 Å². The van der Waals surface area contributed by atoms with Gasteiger partial charge in [-0.05, 0) is 38.5 Å². The minimum Gasteiger partial charge on any atom is -0.339 e. The van der Waals surface area contributed by atoms with E-state index in [1.807, 2.05) is 39.0 Å². The fourth-order valence-corrected chi connectivity index (χ4v) is 2.37. The molecule has 0 fully saturated rings. The third kappa shape index (κ3) is 3.82. The fourth-order valence-electron chi connectivity index (χ4n) is 1.99. The minimum absolute atomic E-state index is 0.0952. The normalized spacial score (nSPS) is 10.4. The first-order valence-corrected chi connectivity index (χ1v) is 7.99. The topological polar surface area (TPSA) is 58.1 Å². The summed E-state index contributed by atoms with van der Waals surface area (Å²) < 4.78 is 1.03. The zero-order valence-corrected chi connectivity index (χ0v) is 14.5. The van der Waals surface area contributed by atoms with Gasteiger partial charge >= 0.3 is 0 Å². The largest absolute Gasteiger partial charge is 0.339 e. The zero-order chi connectivity index (χ0) is 16.1. The Morgan fingerprint density at radius 1 is 1.23 bits per heavy atom. The van der Waals surface area contributed by atoms with Crippen molar-refractivity contribution >= 4 is 33.3 Å². The Hall–Kier alpha value is -1.95. The average Bonchev–Trinajstić information content (AvgIpc) is 2.53. The van der Waals surface area contributed by atoms with Gasteiger partial charge in [-0.2, -0.15) is 0 Å². The maximum absolute atomic E-state index is 12.2. The van der Waals surface area contributed by atoms with Gasteiger partial charge in [0, 0.05) is 23.2 Å². The van der Waals surface area contributed by atoms with E-state index in [2.05, 4.69) is 31.2 Å². The van der Waals surface area contributed by atoms with Gasteiger partial charge in [-0.3, -0.25) is 4.79 Å². The molecule has 0 spiro atoms. The van der Waals surface area contributed by atoms with Crippen molar-refractivity contribution in [1.82, 2.24) is 14.9 Å². The van der Waals surface area contributed by atoms with Crippen molar-refractivity contribution < 1.29 is 4.79 Å². The second kappa shape index (κ2) is 7.35. The van der Waals surface area contributed by atoms with Crippen molar-refractivity contribution in [2.24, 2.45) is 0 Å². The van der Waals surface area contributed by atoms with Crippen molar-refractivity contribution in [3.63, 3.8) is 0 Å². The number of anilines is 2. The van der Waals surface area contributed by atoms with Gasteiger partial charge in [0.2, 0.25) is 0 Å². The molecule has 1 amide bonds. The summed E-state index contributed by atoms with van der Waals surface area (Å²) >= 11 is 3.50. The van der Waals surface area contributed by atoms with E-state index < -0.39 is 0 Å². The van der Waals surface area contributed by atoms with Gasteiger partial charge in [0.1, 0.15) is 11.5 Å². The van der Waals surface area contributed by atoms with Gasteiger partial charge in [-0.1, -0.05) is 22.0 Å². The molecule has 0 unspecified atom stereocenters. The Labute approximate surface area is 138 Å². The number of carbonyl (C=O) groups is 1. The van der Waals surface area contributed by atoms with Crippen LogP contribution in [0, 0.1) is 6.92 Å². The van der Waals surface area contributed by atoms with Crippen molar-refractivity contribution in [1.29, 1.82) is 0 Å².